The van der Waals surface area contributed by atoms with E-state index in [1.165, 1.54) is 10.9 Å². The zero-order valence-corrected chi connectivity index (χ0v) is 12.9. The maximum absolute atomic E-state index is 12.4. The SMILES string of the molecule is CC(C)CC(=O)N1CCN(C(=O)c2c(N)cnn2C)CC1. The predicted octanol–water partition coefficient (Wildman–Crippen LogP) is 0.333. The molecule has 0 atom stereocenters. The first-order chi connectivity index (χ1) is 9.90. The first-order valence-electron chi connectivity index (χ1n) is 7.24. The lowest BCUT2D eigenvalue weighted by molar-refractivity contribution is -0.133. The van der Waals surface area contributed by atoms with Gasteiger partial charge in [-0.2, -0.15) is 5.10 Å². The number of nitrogens with zero attached hydrogens (tertiary/aromatic N) is 4. The molecular formula is C14H23N5O2. The van der Waals surface area contributed by atoms with Crippen LogP contribution in [0.4, 0.5) is 5.69 Å². The summed E-state index contributed by atoms with van der Waals surface area (Å²) in [5.41, 5.74) is 6.59. The van der Waals surface area contributed by atoms with Gasteiger partial charge in [-0.15, -0.1) is 0 Å². The molecule has 21 heavy (non-hydrogen) atoms. The Labute approximate surface area is 124 Å². The fourth-order valence-corrected chi connectivity index (χ4v) is 2.50. The van der Waals surface area contributed by atoms with Crippen molar-refractivity contribution in [3.63, 3.8) is 0 Å². The minimum absolute atomic E-state index is 0.122. The Morgan fingerprint density at radius 2 is 1.81 bits per heavy atom. The van der Waals surface area contributed by atoms with Crippen molar-refractivity contribution in [2.75, 3.05) is 31.9 Å². The number of rotatable bonds is 3. The topological polar surface area (TPSA) is 84.5 Å². The molecule has 2 heterocycles. The number of anilines is 1. The van der Waals surface area contributed by atoms with Crippen LogP contribution in [0.3, 0.4) is 0 Å². The molecule has 2 amide bonds. The Bertz CT molecular complexity index is 510. The number of carbonyl (C=O) groups is 2. The van der Waals surface area contributed by atoms with Crippen molar-refractivity contribution in [3.8, 4) is 0 Å². The van der Waals surface area contributed by atoms with E-state index in [9.17, 15) is 9.59 Å². The van der Waals surface area contributed by atoms with Crippen LogP contribution in [-0.4, -0.2) is 57.6 Å². The van der Waals surface area contributed by atoms with Crippen molar-refractivity contribution in [1.29, 1.82) is 0 Å². The van der Waals surface area contributed by atoms with E-state index in [0.717, 1.165) is 0 Å². The molecule has 0 aromatic carbocycles. The van der Waals surface area contributed by atoms with Crippen molar-refractivity contribution in [3.05, 3.63) is 11.9 Å². The summed E-state index contributed by atoms with van der Waals surface area (Å²) in [5.74, 6) is 0.395. The molecule has 2 rings (SSSR count). The standard InChI is InChI=1S/C14H23N5O2/c1-10(2)8-12(20)18-4-6-19(7-5-18)14(21)13-11(15)9-16-17(13)3/h9-10H,4-8,15H2,1-3H3. The fourth-order valence-electron chi connectivity index (χ4n) is 2.50. The van der Waals surface area contributed by atoms with E-state index in [4.69, 9.17) is 5.73 Å². The van der Waals surface area contributed by atoms with Gasteiger partial charge in [0.25, 0.3) is 5.91 Å². The quantitative estimate of drug-likeness (QED) is 0.870. The second-order valence-corrected chi connectivity index (χ2v) is 5.84. The molecule has 1 aromatic rings. The number of piperazine rings is 1. The van der Waals surface area contributed by atoms with Crippen LogP contribution in [-0.2, 0) is 11.8 Å². The average Bonchev–Trinajstić information content (AvgIpc) is 2.77. The minimum atomic E-state index is -0.122. The monoisotopic (exact) mass is 293 g/mol. The summed E-state index contributed by atoms with van der Waals surface area (Å²) in [7, 11) is 1.70. The molecule has 0 spiro atoms. The molecule has 1 saturated heterocycles. The number of aromatic nitrogens is 2. The molecule has 7 heteroatoms. The van der Waals surface area contributed by atoms with Gasteiger partial charge in [0.15, 0.2) is 0 Å². The normalized spacial score (nSPS) is 15.6. The third-order valence-corrected chi connectivity index (χ3v) is 3.67. The Morgan fingerprint density at radius 1 is 1.24 bits per heavy atom. The van der Waals surface area contributed by atoms with Crippen molar-refractivity contribution >= 4 is 17.5 Å². The molecule has 0 aliphatic carbocycles. The zero-order chi connectivity index (χ0) is 15.6. The number of hydrogen-bond donors (Lipinski definition) is 1. The van der Waals surface area contributed by atoms with Gasteiger partial charge in [-0.05, 0) is 5.92 Å². The van der Waals surface area contributed by atoms with Gasteiger partial charge in [-0.1, -0.05) is 13.8 Å². The van der Waals surface area contributed by atoms with Crippen LogP contribution in [0.15, 0.2) is 6.20 Å². The van der Waals surface area contributed by atoms with Crippen LogP contribution in [0.5, 0.6) is 0 Å². The molecule has 1 aromatic heterocycles. The largest absolute Gasteiger partial charge is 0.396 e. The number of nitrogens with two attached hydrogens (primary N) is 1. The van der Waals surface area contributed by atoms with Gasteiger partial charge in [0, 0.05) is 39.6 Å². The highest BCUT2D eigenvalue weighted by Gasteiger charge is 2.27. The summed E-state index contributed by atoms with van der Waals surface area (Å²) in [6.45, 7) is 6.29. The third-order valence-electron chi connectivity index (χ3n) is 3.67. The number of amides is 2. The van der Waals surface area contributed by atoms with Gasteiger partial charge >= 0.3 is 0 Å². The molecule has 0 radical (unpaired) electrons. The van der Waals surface area contributed by atoms with Crippen LogP contribution >= 0.6 is 0 Å². The zero-order valence-electron chi connectivity index (χ0n) is 12.9. The van der Waals surface area contributed by atoms with E-state index in [1.807, 2.05) is 18.7 Å². The summed E-state index contributed by atoms with van der Waals surface area (Å²) >= 11 is 0. The fraction of sp³-hybridized carbons (Fsp3) is 0.643. The summed E-state index contributed by atoms with van der Waals surface area (Å²) in [5, 5.41) is 3.99. The van der Waals surface area contributed by atoms with E-state index in [2.05, 4.69) is 5.10 Å². The number of aryl methyl sites for hydroxylation is 1. The smallest absolute Gasteiger partial charge is 0.274 e. The highest BCUT2D eigenvalue weighted by atomic mass is 16.2. The van der Waals surface area contributed by atoms with Crippen molar-refractivity contribution in [1.82, 2.24) is 19.6 Å². The molecule has 1 aliphatic rings. The number of nitrogen functional groups attached to an aromatic ring is 1. The lowest BCUT2D eigenvalue weighted by Crippen LogP contribution is -2.51. The molecule has 0 saturated carbocycles. The van der Waals surface area contributed by atoms with Crippen LogP contribution in [0.1, 0.15) is 30.8 Å². The molecule has 116 valence electrons. The highest BCUT2D eigenvalue weighted by molar-refractivity contribution is 5.97. The average molecular weight is 293 g/mol. The Hall–Kier alpha value is -2.05. The van der Waals surface area contributed by atoms with E-state index in [1.54, 1.807) is 11.9 Å². The third kappa shape index (κ3) is 3.34. The molecule has 7 nitrogen and oxygen atoms in total. The van der Waals surface area contributed by atoms with E-state index in [0.29, 0.717) is 49.9 Å². The maximum atomic E-state index is 12.4. The van der Waals surface area contributed by atoms with Gasteiger partial charge in [-0.25, -0.2) is 0 Å². The molecule has 1 fully saturated rings. The van der Waals surface area contributed by atoms with E-state index >= 15 is 0 Å². The summed E-state index contributed by atoms with van der Waals surface area (Å²) in [6.07, 6.45) is 2.04. The number of hydrogen-bond acceptors (Lipinski definition) is 4. The molecule has 0 bridgehead atoms. The van der Waals surface area contributed by atoms with Crippen LogP contribution < -0.4 is 5.73 Å². The highest BCUT2D eigenvalue weighted by Crippen LogP contribution is 2.15. The van der Waals surface area contributed by atoms with Crippen molar-refractivity contribution in [2.24, 2.45) is 13.0 Å². The first kappa shape index (κ1) is 15.3. The molecule has 0 unspecified atom stereocenters. The van der Waals surface area contributed by atoms with Crippen LogP contribution in [0.25, 0.3) is 0 Å². The second kappa shape index (κ2) is 6.15. The van der Waals surface area contributed by atoms with Gasteiger partial charge in [0.2, 0.25) is 5.91 Å². The number of carbonyl (C=O) groups excluding carboxylic acids is 2. The van der Waals surface area contributed by atoms with Crippen molar-refractivity contribution < 1.29 is 9.59 Å². The minimum Gasteiger partial charge on any atom is -0.396 e. The first-order valence-corrected chi connectivity index (χ1v) is 7.24. The van der Waals surface area contributed by atoms with Crippen LogP contribution in [0, 0.1) is 5.92 Å². The van der Waals surface area contributed by atoms with Gasteiger partial charge in [0.1, 0.15) is 5.69 Å². The van der Waals surface area contributed by atoms with Gasteiger partial charge in [-0.3, -0.25) is 14.3 Å². The molecular weight excluding hydrogens is 270 g/mol. The summed E-state index contributed by atoms with van der Waals surface area (Å²) in [6, 6.07) is 0. The van der Waals surface area contributed by atoms with E-state index in [-0.39, 0.29) is 11.8 Å². The molecule has 1 aliphatic heterocycles. The predicted molar refractivity (Wildman–Crippen MR) is 79.6 cm³/mol. The maximum Gasteiger partial charge on any atom is 0.274 e. The molecule has 2 N–H and O–H groups in total. The summed E-state index contributed by atoms with van der Waals surface area (Å²) < 4.78 is 1.49. The van der Waals surface area contributed by atoms with Crippen molar-refractivity contribution in [2.45, 2.75) is 20.3 Å². The van der Waals surface area contributed by atoms with Crippen LogP contribution in [0.2, 0.25) is 0 Å². The Balaban J connectivity index is 1.95. The second-order valence-electron chi connectivity index (χ2n) is 5.84. The van der Waals surface area contributed by atoms with E-state index < -0.39 is 0 Å². The lowest BCUT2D eigenvalue weighted by atomic mass is 10.1. The van der Waals surface area contributed by atoms with Gasteiger partial charge < -0.3 is 15.5 Å². The van der Waals surface area contributed by atoms with Gasteiger partial charge in [0.05, 0.1) is 11.9 Å². The summed E-state index contributed by atoms with van der Waals surface area (Å²) in [4.78, 5) is 28.0. The lowest BCUT2D eigenvalue weighted by Gasteiger charge is -2.35. The Morgan fingerprint density at radius 3 is 2.29 bits per heavy atom. The Kier molecular flexibility index (Phi) is 4.50.